The number of carbonyl (C=O) groups excluding carboxylic acids is 1. The van der Waals surface area contributed by atoms with E-state index in [4.69, 9.17) is 11.6 Å². The van der Waals surface area contributed by atoms with E-state index in [1.165, 1.54) is 6.33 Å². The average Bonchev–Trinajstić information content (AvgIpc) is 3.02. The van der Waals surface area contributed by atoms with Gasteiger partial charge in [-0.1, -0.05) is 17.7 Å². The summed E-state index contributed by atoms with van der Waals surface area (Å²) in [5.41, 5.74) is 1.24. The van der Waals surface area contributed by atoms with Gasteiger partial charge in [0.15, 0.2) is 0 Å². The highest BCUT2D eigenvalue weighted by molar-refractivity contribution is 7.99. The molecule has 1 aliphatic heterocycles. The zero-order valence-electron chi connectivity index (χ0n) is 11.1. The largest absolute Gasteiger partial charge is 0.323 e. The van der Waals surface area contributed by atoms with Gasteiger partial charge < -0.3 is 10.6 Å². The Bertz CT molecular complexity index is 627. The van der Waals surface area contributed by atoms with Gasteiger partial charge in [-0.15, -0.1) is 0 Å². The van der Waals surface area contributed by atoms with Crippen molar-refractivity contribution < 1.29 is 4.79 Å². The summed E-state index contributed by atoms with van der Waals surface area (Å²) in [6.07, 6.45) is 2.97. The van der Waals surface area contributed by atoms with Crippen molar-refractivity contribution in [1.29, 1.82) is 0 Å². The molecule has 0 bridgehead atoms. The van der Waals surface area contributed by atoms with Crippen molar-refractivity contribution in [2.24, 2.45) is 0 Å². The SMILES string of the molecule is O=C(Nc1cccc(Cl)c1-n1cncn1)C1CSCCN1. The number of carbonyl (C=O) groups is 1. The van der Waals surface area contributed by atoms with Crippen LogP contribution in [0, 0.1) is 0 Å². The third-order valence-electron chi connectivity index (χ3n) is 3.13. The predicted molar refractivity (Wildman–Crippen MR) is 84.1 cm³/mol. The van der Waals surface area contributed by atoms with Gasteiger partial charge in [0.25, 0.3) is 0 Å². The molecule has 110 valence electrons. The Hall–Kier alpha value is -1.57. The minimum Gasteiger partial charge on any atom is -0.323 e. The van der Waals surface area contributed by atoms with Gasteiger partial charge in [0.2, 0.25) is 5.91 Å². The second-order valence-corrected chi connectivity index (χ2v) is 6.10. The van der Waals surface area contributed by atoms with Crippen molar-refractivity contribution in [1.82, 2.24) is 20.1 Å². The quantitative estimate of drug-likeness (QED) is 0.897. The first kappa shape index (κ1) is 14.4. The molecule has 1 saturated heterocycles. The lowest BCUT2D eigenvalue weighted by Crippen LogP contribution is -2.46. The summed E-state index contributed by atoms with van der Waals surface area (Å²) in [5.74, 6) is 1.74. The van der Waals surface area contributed by atoms with Gasteiger partial charge in [0.05, 0.1) is 16.8 Å². The second kappa shape index (κ2) is 6.46. The Balaban J connectivity index is 1.85. The molecule has 1 aromatic heterocycles. The summed E-state index contributed by atoms with van der Waals surface area (Å²) in [7, 11) is 0. The van der Waals surface area contributed by atoms with Crippen LogP contribution in [0.25, 0.3) is 5.69 Å². The molecule has 2 N–H and O–H groups in total. The van der Waals surface area contributed by atoms with Gasteiger partial charge in [-0.2, -0.15) is 16.9 Å². The van der Waals surface area contributed by atoms with E-state index < -0.39 is 0 Å². The van der Waals surface area contributed by atoms with Gasteiger partial charge in [-0.05, 0) is 12.1 Å². The Morgan fingerprint density at radius 1 is 1.52 bits per heavy atom. The van der Waals surface area contributed by atoms with Crippen LogP contribution in [0.5, 0.6) is 0 Å². The number of hydrogen-bond acceptors (Lipinski definition) is 5. The lowest BCUT2D eigenvalue weighted by Gasteiger charge is -2.23. The van der Waals surface area contributed by atoms with Crippen molar-refractivity contribution >= 4 is 35.0 Å². The van der Waals surface area contributed by atoms with Crippen LogP contribution in [0.2, 0.25) is 5.02 Å². The molecule has 0 saturated carbocycles. The number of para-hydroxylation sites is 1. The minimum atomic E-state index is -0.189. The standard InChI is InChI=1S/C13H14ClN5OS/c14-9-2-1-3-10(12(9)19-8-15-7-17-19)18-13(20)11-6-21-5-4-16-11/h1-3,7-8,11,16H,4-6H2,(H,18,20). The van der Waals surface area contributed by atoms with Gasteiger partial charge in [0.1, 0.15) is 18.3 Å². The molecule has 1 unspecified atom stereocenters. The number of thioether (sulfide) groups is 1. The van der Waals surface area contributed by atoms with Crippen LogP contribution < -0.4 is 10.6 Å². The molecule has 2 heterocycles. The molecule has 0 radical (unpaired) electrons. The van der Waals surface area contributed by atoms with Crippen molar-refractivity contribution in [3.8, 4) is 5.69 Å². The highest BCUT2D eigenvalue weighted by Crippen LogP contribution is 2.28. The first-order chi connectivity index (χ1) is 10.3. The number of nitrogens with zero attached hydrogens (tertiary/aromatic N) is 3. The van der Waals surface area contributed by atoms with Crippen molar-refractivity contribution in [2.75, 3.05) is 23.4 Å². The molecule has 1 atom stereocenters. The molecule has 1 aromatic carbocycles. The third kappa shape index (κ3) is 3.20. The molecule has 2 aromatic rings. The average molecular weight is 324 g/mol. The monoisotopic (exact) mass is 323 g/mol. The van der Waals surface area contributed by atoms with E-state index in [0.29, 0.717) is 16.4 Å². The molecular weight excluding hydrogens is 310 g/mol. The van der Waals surface area contributed by atoms with Gasteiger partial charge in [-0.25, -0.2) is 9.67 Å². The molecule has 1 amide bonds. The lowest BCUT2D eigenvalue weighted by molar-refractivity contribution is -0.117. The Morgan fingerprint density at radius 3 is 3.14 bits per heavy atom. The molecule has 1 aliphatic rings. The Kier molecular flexibility index (Phi) is 4.42. The Morgan fingerprint density at radius 2 is 2.43 bits per heavy atom. The summed E-state index contributed by atoms with van der Waals surface area (Å²) in [4.78, 5) is 16.2. The van der Waals surface area contributed by atoms with E-state index >= 15 is 0 Å². The highest BCUT2D eigenvalue weighted by Gasteiger charge is 2.22. The van der Waals surface area contributed by atoms with Crippen LogP contribution in [0.1, 0.15) is 0 Å². The summed E-state index contributed by atoms with van der Waals surface area (Å²) in [5, 5.41) is 10.7. The van der Waals surface area contributed by atoms with Gasteiger partial charge >= 0.3 is 0 Å². The normalized spacial score (nSPS) is 18.4. The summed E-state index contributed by atoms with van der Waals surface area (Å²) in [6.45, 7) is 0.842. The number of nitrogens with one attached hydrogen (secondary N) is 2. The fourth-order valence-corrected chi connectivity index (χ4v) is 3.32. The molecule has 0 spiro atoms. The maximum Gasteiger partial charge on any atom is 0.242 e. The molecule has 6 nitrogen and oxygen atoms in total. The molecule has 21 heavy (non-hydrogen) atoms. The van der Waals surface area contributed by atoms with Crippen molar-refractivity contribution in [3.63, 3.8) is 0 Å². The topological polar surface area (TPSA) is 71.8 Å². The zero-order valence-corrected chi connectivity index (χ0v) is 12.7. The van der Waals surface area contributed by atoms with Gasteiger partial charge in [-0.3, -0.25) is 4.79 Å². The van der Waals surface area contributed by atoms with Crippen LogP contribution >= 0.6 is 23.4 Å². The number of hydrogen-bond donors (Lipinski definition) is 2. The summed E-state index contributed by atoms with van der Waals surface area (Å²) >= 11 is 8.00. The number of rotatable bonds is 3. The van der Waals surface area contributed by atoms with E-state index in [-0.39, 0.29) is 11.9 Å². The second-order valence-electron chi connectivity index (χ2n) is 4.55. The molecular formula is C13H14ClN5OS. The fourth-order valence-electron chi connectivity index (χ4n) is 2.13. The fraction of sp³-hybridized carbons (Fsp3) is 0.308. The first-order valence-corrected chi connectivity index (χ1v) is 8.04. The van der Waals surface area contributed by atoms with E-state index in [2.05, 4.69) is 20.7 Å². The number of aromatic nitrogens is 3. The first-order valence-electron chi connectivity index (χ1n) is 6.51. The predicted octanol–water partition coefficient (Wildman–Crippen LogP) is 1.56. The smallest absolute Gasteiger partial charge is 0.242 e. The zero-order chi connectivity index (χ0) is 14.7. The van der Waals surface area contributed by atoms with E-state index in [9.17, 15) is 4.79 Å². The maximum atomic E-state index is 12.3. The molecule has 1 fully saturated rings. The van der Waals surface area contributed by atoms with Crippen molar-refractivity contribution in [2.45, 2.75) is 6.04 Å². The summed E-state index contributed by atoms with van der Waals surface area (Å²) < 4.78 is 1.54. The number of benzene rings is 1. The van der Waals surface area contributed by atoms with Gasteiger partial charge in [0, 0.05) is 18.1 Å². The molecule has 8 heteroatoms. The minimum absolute atomic E-state index is 0.0640. The maximum absolute atomic E-state index is 12.3. The molecule has 3 rings (SSSR count). The number of halogens is 1. The molecule has 0 aliphatic carbocycles. The van der Waals surface area contributed by atoms with E-state index in [1.54, 1.807) is 41.0 Å². The van der Waals surface area contributed by atoms with E-state index in [1.807, 2.05) is 0 Å². The Labute approximate surface area is 131 Å². The number of anilines is 1. The van der Waals surface area contributed by atoms with E-state index in [0.717, 1.165) is 18.1 Å². The van der Waals surface area contributed by atoms with Crippen LogP contribution in [0.3, 0.4) is 0 Å². The van der Waals surface area contributed by atoms with Crippen LogP contribution in [0.15, 0.2) is 30.9 Å². The summed E-state index contributed by atoms with van der Waals surface area (Å²) in [6, 6.07) is 5.16. The van der Waals surface area contributed by atoms with Crippen LogP contribution in [0.4, 0.5) is 5.69 Å². The lowest BCUT2D eigenvalue weighted by atomic mass is 10.2. The van der Waals surface area contributed by atoms with Crippen LogP contribution in [-0.2, 0) is 4.79 Å². The highest BCUT2D eigenvalue weighted by atomic mass is 35.5. The van der Waals surface area contributed by atoms with Crippen LogP contribution in [-0.4, -0.2) is 44.8 Å². The number of amides is 1. The van der Waals surface area contributed by atoms with Crippen molar-refractivity contribution in [3.05, 3.63) is 35.9 Å². The third-order valence-corrected chi connectivity index (χ3v) is 4.50.